The van der Waals surface area contributed by atoms with Gasteiger partial charge in [-0.3, -0.25) is 9.36 Å². The van der Waals surface area contributed by atoms with Gasteiger partial charge in [0, 0.05) is 11.3 Å². The van der Waals surface area contributed by atoms with Crippen molar-refractivity contribution in [1.29, 1.82) is 0 Å². The smallest absolute Gasteiger partial charge is 0.267 e. The molecule has 2 aromatic heterocycles. The van der Waals surface area contributed by atoms with E-state index in [1.165, 1.54) is 0 Å². The van der Waals surface area contributed by atoms with Crippen LogP contribution < -0.4 is 5.56 Å². The molecule has 0 N–H and O–H groups in total. The molecule has 0 saturated heterocycles. The molecule has 1 aliphatic heterocycles. The van der Waals surface area contributed by atoms with Crippen LogP contribution in [0.15, 0.2) is 40.3 Å². The zero-order chi connectivity index (χ0) is 18.3. The fourth-order valence-corrected chi connectivity index (χ4v) is 5.27. The van der Waals surface area contributed by atoms with Crippen LogP contribution in [0, 0.1) is 5.92 Å². The van der Waals surface area contributed by atoms with Crippen LogP contribution in [-0.2, 0) is 17.8 Å². The lowest BCUT2D eigenvalue weighted by atomic mass is 9.96. The van der Waals surface area contributed by atoms with E-state index in [1.54, 1.807) is 27.7 Å². The second kappa shape index (κ2) is 7.18. The second-order valence-corrected chi connectivity index (χ2v) is 9.10. The monoisotopic (exact) mass is 386 g/mol. The maximum Gasteiger partial charge on any atom is 0.267 e. The number of para-hydroxylation sites is 1. The molecule has 1 atom stereocenters. The highest BCUT2D eigenvalue weighted by Crippen LogP contribution is 2.36. The summed E-state index contributed by atoms with van der Waals surface area (Å²) < 4.78 is 7.76. The van der Waals surface area contributed by atoms with E-state index in [9.17, 15) is 4.79 Å². The lowest BCUT2D eigenvalue weighted by Gasteiger charge is -2.26. The van der Waals surface area contributed by atoms with Crippen molar-refractivity contribution in [2.45, 2.75) is 45.1 Å². The first-order chi connectivity index (χ1) is 12.6. The van der Waals surface area contributed by atoms with Crippen LogP contribution in [0.4, 0.5) is 0 Å². The van der Waals surface area contributed by atoms with Crippen molar-refractivity contribution in [2.75, 3.05) is 5.75 Å². The molecule has 26 heavy (non-hydrogen) atoms. The Morgan fingerprint density at radius 3 is 2.81 bits per heavy atom. The number of nitrogens with zero attached hydrogens (tertiary/aromatic N) is 2. The van der Waals surface area contributed by atoms with E-state index in [-0.39, 0.29) is 11.7 Å². The lowest BCUT2D eigenvalue weighted by Crippen LogP contribution is -2.28. The highest BCUT2D eigenvalue weighted by Gasteiger charge is 2.28. The third-order valence-electron chi connectivity index (χ3n) is 4.74. The van der Waals surface area contributed by atoms with Gasteiger partial charge < -0.3 is 4.74 Å². The van der Waals surface area contributed by atoms with E-state index >= 15 is 0 Å². The van der Waals surface area contributed by atoms with Gasteiger partial charge in [-0.1, -0.05) is 50.7 Å². The third-order valence-corrected chi connectivity index (χ3v) is 6.66. The average molecular weight is 387 g/mol. The van der Waals surface area contributed by atoms with Gasteiger partial charge in [-0.25, -0.2) is 4.98 Å². The molecule has 6 heteroatoms. The fraction of sp³-hybridized carbons (Fsp3) is 0.400. The van der Waals surface area contributed by atoms with Crippen LogP contribution in [0.3, 0.4) is 0 Å². The van der Waals surface area contributed by atoms with Crippen molar-refractivity contribution in [1.82, 2.24) is 9.55 Å². The number of hydrogen-bond donors (Lipinski definition) is 0. The first-order valence-corrected chi connectivity index (χ1v) is 10.8. The van der Waals surface area contributed by atoms with Gasteiger partial charge in [0.25, 0.3) is 5.56 Å². The van der Waals surface area contributed by atoms with Crippen molar-refractivity contribution in [2.24, 2.45) is 5.92 Å². The van der Waals surface area contributed by atoms with E-state index in [4.69, 9.17) is 9.72 Å². The Labute approximate surface area is 161 Å². The molecule has 0 fully saturated rings. The van der Waals surface area contributed by atoms with Gasteiger partial charge in [0.15, 0.2) is 5.16 Å². The molecule has 3 heterocycles. The Bertz CT molecular complexity index is 992. The molecule has 1 aliphatic rings. The van der Waals surface area contributed by atoms with Gasteiger partial charge >= 0.3 is 0 Å². The Morgan fingerprint density at radius 1 is 1.35 bits per heavy atom. The van der Waals surface area contributed by atoms with E-state index < -0.39 is 0 Å². The van der Waals surface area contributed by atoms with E-state index in [0.717, 1.165) is 43.7 Å². The number of rotatable bonds is 4. The van der Waals surface area contributed by atoms with E-state index in [1.807, 2.05) is 30.3 Å². The first kappa shape index (κ1) is 17.8. The highest BCUT2D eigenvalue weighted by atomic mass is 32.2. The maximum atomic E-state index is 13.5. The lowest BCUT2D eigenvalue weighted by molar-refractivity contribution is 0.00200. The summed E-state index contributed by atoms with van der Waals surface area (Å²) in [5, 5.41) is 1.54. The molecule has 0 unspecified atom stereocenters. The van der Waals surface area contributed by atoms with Crippen LogP contribution >= 0.6 is 23.1 Å². The standard InChI is InChI=1S/C20H22N2O2S2/c1-4-25-20-21-18-17(19(23)22(20)13-8-6-5-7-9-13)14-10-15(12(2)3)24-11-16(14)26-18/h5-9,12,15H,4,10-11H2,1-3H3/t15-/m0/s1. The zero-order valence-electron chi connectivity index (χ0n) is 15.2. The molecule has 3 aromatic rings. The molecule has 1 aromatic carbocycles. The average Bonchev–Trinajstić information content (AvgIpc) is 3.00. The molecule has 0 spiro atoms. The first-order valence-electron chi connectivity index (χ1n) is 8.97. The Hall–Kier alpha value is -1.63. The van der Waals surface area contributed by atoms with Crippen LogP contribution in [0.1, 0.15) is 31.2 Å². The van der Waals surface area contributed by atoms with Gasteiger partial charge in [0.05, 0.1) is 23.8 Å². The SMILES string of the molecule is CCSc1nc2sc3c(c2c(=O)n1-c1ccccc1)C[C@@H](C(C)C)OC3. The predicted molar refractivity (Wildman–Crippen MR) is 109 cm³/mol. The molecule has 0 bridgehead atoms. The van der Waals surface area contributed by atoms with Crippen molar-refractivity contribution in [3.8, 4) is 5.69 Å². The summed E-state index contributed by atoms with van der Waals surface area (Å²) in [6.45, 7) is 7.00. The number of hydrogen-bond acceptors (Lipinski definition) is 5. The third kappa shape index (κ3) is 3.00. The largest absolute Gasteiger partial charge is 0.372 e. The van der Waals surface area contributed by atoms with Gasteiger partial charge in [0.1, 0.15) is 4.83 Å². The van der Waals surface area contributed by atoms with Crippen LogP contribution in [0.2, 0.25) is 0 Å². The summed E-state index contributed by atoms with van der Waals surface area (Å²) in [4.78, 5) is 20.4. The predicted octanol–water partition coefficient (Wildman–Crippen LogP) is 4.66. The summed E-state index contributed by atoms with van der Waals surface area (Å²) >= 11 is 3.21. The Morgan fingerprint density at radius 2 is 2.12 bits per heavy atom. The molecular weight excluding hydrogens is 364 g/mol. The quantitative estimate of drug-likeness (QED) is 0.483. The number of thioether (sulfide) groups is 1. The molecule has 4 rings (SSSR count). The number of benzene rings is 1. The van der Waals surface area contributed by atoms with Crippen molar-refractivity contribution >= 4 is 33.3 Å². The minimum atomic E-state index is 0.0408. The zero-order valence-corrected chi connectivity index (χ0v) is 16.8. The number of thiophene rings is 1. The van der Waals surface area contributed by atoms with Gasteiger partial charge in [-0.05, 0) is 29.4 Å². The van der Waals surface area contributed by atoms with Crippen molar-refractivity contribution < 1.29 is 4.74 Å². The van der Waals surface area contributed by atoms with Crippen molar-refractivity contribution in [3.05, 3.63) is 51.1 Å². The summed E-state index contributed by atoms with van der Waals surface area (Å²) in [6, 6.07) is 9.81. The highest BCUT2D eigenvalue weighted by molar-refractivity contribution is 7.99. The molecular formula is C20H22N2O2S2. The normalized spacial score (nSPS) is 17.0. The Kier molecular flexibility index (Phi) is 4.90. The number of aromatic nitrogens is 2. The van der Waals surface area contributed by atoms with Crippen molar-refractivity contribution in [3.63, 3.8) is 0 Å². The molecule has 136 valence electrons. The van der Waals surface area contributed by atoms with Gasteiger partial charge in [-0.2, -0.15) is 0 Å². The van der Waals surface area contributed by atoms with Gasteiger partial charge in [-0.15, -0.1) is 11.3 Å². The molecule has 0 aliphatic carbocycles. The summed E-state index contributed by atoms with van der Waals surface area (Å²) in [7, 11) is 0. The van der Waals surface area contributed by atoms with Gasteiger partial charge in [0.2, 0.25) is 0 Å². The van der Waals surface area contributed by atoms with Crippen LogP contribution in [0.5, 0.6) is 0 Å². The number of ether oxygens (including phenoxy) is 1. The second-order valence-electron chi connectivity index (χ2n) is 6.79. The van der Waals surface area contributed by atoms with E-state index in [0.29, 0.717) is 12.5 Å². The number of fused-ring (bicyclic) bond motifs is 3. The Balaban J connectivity index is 1.96. The minimum Gasteiger partial charge on any atom is -0.372 e. The summed E-state index contributed by atoms with van der Waals surface area (Å²) in [5.74, 6) is 1.30. The molecule has 4 nitrogen and oxygen atoms in total. The maximum absolute atomic E-state index is 13.5. The molecule has 0 saturated carbocycles. The fourth-order valence-electron chi connectivity index (χ4n) is 3.37. The topological polar surface area (TPSA) is 44.1 Å². The molecule has 0 amide bonds. The minimum absolute atomic E-state index is 0.0408. The van der Waals surface area contributed by atoms with Crippen LogP contribution in [0.25, 0.3) is 15.9 Å². The summed E-state index contributed by atoms with van der Waals surface area (Å²) in [6.07, 6.45) is 0.952. The van der Waals surface area contributed by atoms with Crippen LogP contribution in [-0.4, -0.2) is 21.4 Å². The van der Waals surface area contributed by atoms with E-state index in [2.05, 4.69) is 20.8 Å². The molecule has 0 radical (unpaired) electrons. The summed E-state index contributed by atoms with van der Waals surface area (Å²) in [5.41, 5.74) is 2.06.